The van der Waals surface area contributed by atoms with Crippen molar-refractivity contribution in [2.45, 2.75) is 25.3 Å². The number of hydrogen-bond donors (Lipinski definition) is 2. The average Bonchev–Trinajstić information content (AvgIpc) is 2.90. The van der Waals surface area contributed by atoms with E-state index in [1.165, 1.54) is 19.2 Å². The van der Waals surface area contributed by atoms with Crippen LogP contribution in [-0.2, 0) is 11.2 Å². The van der Waals surface area contributed by atoms with Gasteiger partial charge in [0.15, 0.2) is 11.6 Å². The van der Waals surface area contributed by atoms with Crippen LogP contribution in [-0.4, -0.2) is 32.1 Å². The molecule has 4 nitrogen and oxygen atoms in total. The van der Waals surface area contributed by atoms with Crippen molar-refractivity contribution in [1.29, 1.82) is 0 Å². The highest BCUT2D eigenvalue weighted by atomic mass is 35.5. The van der Waals surface area contributed by atoms with Gasteiger partial charge in [-0.25, -0.2) is 4.39 Å². The van der Waals surface area contributed by atoms with Crippen LogP contribution in [0.2, 0.25) is 0 Å². The van der Waals surface area contributed by atoms with Gasteiger partial charge in [-0.1, -0.05) is 6.07 Å². The molecule has 1 aliphatic heterocycles. The van der Waals surface area contributed by atoms with E-state index in [2.05, 4.69) is 10.6 Å². The molecule has 20 heavy (non-hydrogen) atoms. The first-order chi connectivity index (χ1) is 9.19. The Morgan fingerprint density at radius 1 is 1.55 bits per heavy atom. The van der Waals surface area contributed by atoms with Crippen LogP contribution in [0.5, 0.6) is 5.75 Å². The molecule has 1 aliphatic rings. The van der Waals surface area contributed by atoms with Crippen LogP contribution < -0.4 is 15.4 Å². The molecule has 2 N–H and O–H groups in total. The number of amides is 1. The zero-order chi connectivity index (χ0) is 13.7. The van der Waals surface area contributed by atoms with Gasteiger partial charge in [-0.3, -0.25) is 4.79 Å². The molecule has 1 amide bonds. The van der Waals surface area contributed by atoms with Crippen LogP contribution in [0.25, 0.3) is 0 Å². The number of hydrogen-bond acceptors (Lipinski definition) is 3. The predicted molar refractivity (Wildman–Crippen MR) is 77.9 cm³/mol. The molecule has 1 atom stereocenters. The van der Waals surface area contributed by atoms with Gasteiger partial charge < -0.3 is 15.4 Å². The summed E-state index contributed by atoms with van der Waals surface area (Å²) in [4.78, 5) is 11.7. The maximum absolute atomic E-state index is 13.5. The SMILES string of the molecule is COc1ccc(CC(=O)NCC2CCCN2)cc1F.Cl. The highest BCUT2D eigenvalue weighted by molar-refractivity contribution is 5.85. The number of carbonyl (C=O) groups is 1. The third-order valence-corrected chi connectivity index (χ3v) is 3.29. The molecular formula is C14H20ClFN2O2. The molecule has 0 saturated carbocycles. The lowest BCUT2D eigenvalue weighted by Crippen LogP contribution is -2.37. The fourth-order valence-corrected chi connectivity index (χ4v) is 2.24. The minimum absolute atomic E-state index is 0. The minimum Gasteiger partial charge on any atom is -0.494 e. The summed E-state index contributed by atoms with van der Waals surface area (Å²) in [6.45, 7) is 1.65. The van der Waals surface area contributed by atoms with E-state index in [0.29, 0.717) is 18.2 Å². The summed E-state index contributed by atoms with van der Waals surface area (Å²) in [5.74, 6) is -0.331. The second kappa shape index (κ2) is 8.07. The summed E-state index contributed by atoms with van der Waals surface area (Å²) in [7, 11) is 1.42. The molecule has 1 fully saturated rings. The summed E-state index contributed by atoms with van der Waals surface area (Å²) in [6.07, 6.45) is 2.44. The third-order valence-electron chi connectivity index (χ3n) is 3.29. The first-order valence-electron chi connectivity index (χ1n) is 6.51. The molecular weight excluding hydrogens is 283 g/mol. The highest BCUT2D eigenvalue weighted by Crippen LogP contribution is 2.17. The van der Waals surface area contributed by atoms with Crippen LogP contribution >= 0.6 is 12.4 Å². The summed E-state index contributed by atoms with van der Waals surface area (Å²) in [5.41, 5.74) is 0.648. The van der Waals surface area contributed by atoms with Gasteiger partial charge in [0.05, 0.1) is 13.5 Å². The van der Waals surface area contributed by atoms with E-state index in [0.717, 1.165) is 19.4 Å². The van der Waals surface area contributed by atoms with E-state index in [-0.39, 0.29) is 30.5 Å². The zero-order valence-electron chi connectivity index (χ0n) is 11.4. The molecule has 0 bridgehead atoms. The molecule has 1 unspecified atom stereocenters. The summed E-state index contributed by atoms with van der Waals surface area (Å²) < 4.78 is 18.3. The first kappa shape index (κ1) is 16.7. The topological polar surface area (TPSA) is 50.4 Å². The molecule has 1 saturated heterocycles. The fraction of sp³-hybridized carbons (Fsp3) is 0.500. The van der Waals surface area contributed by atoms with Gasteiger partial charge in [0.2, 0.25) is 5.91 Å². The van der Waals surface area contributed by atoms with E-state index in [9.17, 15) is 9.18 Å². The summed E-state index contributed by atoms with van der Waals surface area (Å²) in [6, 6.07) is 4.95. The Bertz CT molecular complexity index is 451. The maximum atomic E-state index is 13.5. The normalized spacial score (nSPS) is 17.4. The standard InChI is InChI=1S/C14H19FN2O2.ClH/c1-19-13-5-4-10(7-12(13)15)8-14(18)17-9-11-3-2-6-16-11;/h4-5,7,11,16H,2-3,6,8-9H2,1H3,(H,17,18);1H. The lowest BCUT2D eigenvalue weighted by Gasteiger charge is -2.11. The van der Waals surface area contributed by atoms with Crippen molar-refractivity contribution in [1.82, 2.24) is 10.6 Å². The molecule has 2 rings (SSSR count). The number of rotatable bonds is 5. The molecule has 0 spiro atoms. The smallest absolute Gasteiger partial charge is 0.224 e. The quantitative estimate of drug-likeness (QED) is 0.870. The number of methoxy groups -OCH3 is 1. The van der Waals surface area contributed by atoms with Crippen molar-refractivity contribution < 1.29 is 13.9 Å². The van der Waals surface area contributed by atoms with Crippen molar-refractivity contribution in [3.05, 3.63) is 29.6 Å². The van der Waals surface area contributed by atoms with Gasteiger partial charge >= 0.3 is 0 Å². The molecule has 1 heterocycles. The first-order valence-corrected chi connectivity index (χ1v) is 6.51. The van der Waals surface area contributed by atoms with Crippen LogP contribution in [0.1, 0.15) is 18.4 Å². The average molecular weight is 303 g/mol. The second-order valence-electron chi connectivity index (χ2n) is 4.74. The van der Waals surface area contributed by atoms with Gasteiger partial charge in [0.25, 0.3) is 0 Å². The Labute approximate surface area is 124 Å². The lowest BCUT2D eigenvalue weighted by molar-refractivity contribution is -0.120. The molecule has 112 valence electrons. The molecule has 0 aliphatic carbocycles. The predicted octanol–water partition coefficient (Wildman–Crippen LogP) is 1.67. The van der Waals surface area contributed by atoms with Crippen molar-refractivity contribution in [3.63, 3.8) is 0 Å². The Kier molecular flexibility index (Phi) is 6.75. The van der Waals surface area contributed by atoms with E-state index >= 15 is 0 Å². The summed E-state index contributed by atoms with van der Waals surface area (Å²) >= 11 is 0. The third kappa shape index (κ3) is 4.65. The van der Waals surface area contributed by atoms with Gasteiger partial charge in [0.1, 0.15) is 0 Å². The van der Waals surface area contributed by atoms with Gasteiger partial charge in [-0.05, 0) is 37.1 Å². The van der Waals surface area contributed by atoms with Gasteiger partial charge in [-0.2, -0.15) is 0 Å². The van der Waals surface area contributed by atoms with Crippen molar-refractivity contribution >= 4 is 18.3 Å². The molecule has 6 heteroatoms. The Balaban J connectivity index is 0.00000200. The minimum atomic E-state index is -0.440. The van der Waals surface area contributed by atoms with Crippen molar-refractivity contribution in [2.75, 3.05) is 20.2 Å². The van der Waals surface area contributed by atoms with E-state index in [1.807, 2.05) is 0 Å². The summed E-state index contributed by atoms with van der Waals surface area (Å²) in [5, 5.41) is 6.17. The van der Waals surface area contributed by atoms with E-state index in [1.54, 1.807) is 6.07 Å². The largest absolute Gasteiger partial charge is 0.494 e. The van der Waals surface area contributed by atoms with Crippen LogP contribution in [0.15, 0.2) is 18.2 Å². The Morgan fingerprint density at radius 2 is 2.35 bits per heavy atom. The second-order valence-corrected chi connectivity index (χ2v) is 4.74. The van der Waals surface area contributed by atoms with Crippen molar-refractivity contribution in [3.8, 4) is 5.75 Å². The Morgan fingerprint density at radius 3 is 2.95 bits per heavy atom. The van der Waals surface area contributed by atoms with Crippen molar-refractivity contribution in [2.24, 2.45) is 0 Å². The number of nitrogens with one attached hydrogen (secondary N) is 2. The monoisotopic (exact) mass is 302 g/mol. The number of carbonyl (C=O) groups excluding carboxylic acids is 1. The molecule has 0 radical (unpaired) electrons. The molecule has 1 aromatic rings. The van der Waals surface area contributed by atoms with Gasteiger partial charge in [0, 0.05) is 12.6 Å². The van der Waals surface area contributed by atoms with Crippen LogP contribution in [0.4, 0.5) is 4.39 Å². The fourth-order valence-electron chi connectivity index (χ4n) is 2.24. The van der Waals surface area contributed by atoms with Crippen LogP contribution in [0.3, 0.4) is 0 Å². The molecule has 1 aromatic carbocycles. The number of benzene rings is 1. The van der Waals surface area contributed by atoms with E-state index < -0.39 is 5.82 Å². The van der Waals surface area contributed by atoms with Gasteiger partial charge in [-0.15, -0.1) is 12.4 Å². The Hall–Kier alpha value is -1.33. The maximum Gasteiger partial charge on any atom is 0.224 e. The molecule has 0 aromatic heterocycles. The lowest BCUT2D eigenvalue weighted by atomic mass is 10.1. The number of halogens is 2. The number of ether oxygens (including phenoxy) is 1. The van der Waals surface area contributed by atoms with E-state index in [4.69, 9.17) is 4.74 Å². The van der Waals surface area contributed by atoms with Crippen LogP contribution in [0, 0.1) is 5.82 Å². The highest BCUT2D eigenvalue weighted by Gasteiger charge is 2.15. The zero-order valence-corrected chi connectivity index (χ0v) is 12.3.